The van der Waals surface area contributed by atoms with Gasteiger partial charge in [-0.1, -0.05) is 6.92 Å². The summed E-state index contributed by atoms with van der Waals surface area (Å²) in [6, 6.07) is 0. The second-order valence-corrected chi connectivity index (χ2v) is 2.04. The van der Waals surface area contributed by atoms with Gasteiger partial charge in [0.05, 0.1) is 12.7 Å². The van der Waals surface area contributed by atoms with Gasteiger partial charge >= 0.3 is 0 Å². The van der Waals surface area contributed by atoms with E-state index in [0.29, 0.717) is 6.61 Å². The van der Waals surface area contributed by atoms with Gasteiger partial charge in [-0.05, 0) is 13.3 Å². The van der Waals surface area contributed by atoms with Gasteiger partial charge in [-0.25, -0.2) is 0 Å². The molecule has 3 heteroatoms. The molecular formula is C8H20O3. The Morgan fingerprint density at radius 1 is 1.27 bits per heavy atom. The predicted molar refractivity (Wildman–Crippen MR) is 45.7 cm³/mol. The number of aliphatic hydroxyl groups excluding tert-OH is 1. The lowest BCUT2D eigenvalue weighted by molar-refractivity contribution is 0.0265. The fourth-order valence-electron chi connectivity index (χ4n) is 0.538. The van der Waals surface area contributed by atoms with Crippen LogP contribution in [0.3, 0.4) is 0 Å². The maximum absolute atomic E-state index is 7.57. The van der Waals surface area contributed by atoms with Crippen molar-refractivity contribution in [3.8, 4) is 0 Å². The zero-order chi connectivity index (χ0) is 9.11. The Morgan fingerprint density at radius 3 is 1.82 bits per heavy atom. The zero-order valence-electron chi connectivity index (χ0n) is 7.96. The Kier molecular flexibility index (Phi) is 15.4. The summed E-state index contributed by atoms with van der Waals surface area (Å²) in [5, 5.41) is 7.57. The highest BCUT2D eigenvalue weighted by Gasteiger charge is 2.00. The molecule has 0 amide bonds. The van der Waals surface area contributed by atoms with E-state index in [4.69, 9.17) is 14.6 Å². The zero-order valence-corrected chi connectivity index (χ0v) is 7.96. The predicted octanol–water partition coefficient (Wildman–Crippen LogP) is 1.06. The Bertz CT molecular complexity index is 53.3. The van der Waals surface area contributed by atoms with Gasteiger partial charge in [-0.3, -0.25) is 0 Å². The summed E-state index contributed by atoms with van der Waals surface area (Å²) in [6.07, 6.45) is 1.30. The molecule has 3 nitrogen and oxygen atoms in total. The van der Waals surface area contributed by atoms with Gasteiger partial charge in [0.25, 0.3) is 0 Å². The number of hydrogen-bond acceptors (Lipinski definition) is 3. The minimum Gasteiger partial charge on any atom is -0.397 e. The van der Waals surface area contributed by atoms with Gasteiger partial charge in [0.15, 0.2) is 0 Å². The lowest BCUT2D eigenvalue weighted by atomic mass is 10.3. The Hall–Kier alpha value is -0.120. The summed E-state index contributed by atoms with van der Waals surface area (Å²) in [6.45, 7) is 4.71. The summed E-state index contributed by atoms with van der Waals surface area (Å²) >= 11 is 0. The summed E-state index contributed by atoms with van der Waals surface area (Å²) in [4.78, 5) is 0. The van der Waals surface area contributed by atoms with Crippen LogP contribution in [0.4, 0.5) is 0 Å². The number of ether oxygens (including phenoxy) is 2. The second-order valence-electron chi connectivity index (χ2n) is 2.04. The average Bonchev–Trinajstić information content (AvgIpc) is 2.02. The normalized spacial score (nSPS) is 11.7. The molecule has 11 heavy (non-hydrogen) atoms. The number of aliphatic hydroxyl groups is 1. The second kappa shape index (κ2) is 12.5. The molecule has 0 rings (SSSR count). The molecule has 1 atom stereocenters. The first kappa shape index (κ1) is 13.5. The van der Waals surface area contributed by atoms with E-state index in [-0.39, 0.29) is 12.7 Å². The van der Waals surface area contributed by atoms with Gasteiger partial charge in [-0.15, -0.1) is 0 Å². The van der Waals surface area contributed by atoms with Crippen LogP contribution in [-0.2, 0) is 9.47 Å². The first-order valence-corrected chi connectivity index (χ1v) is 3.89. The van der Waals surface area contributed by atoms with Gasteiger partial charge in [0.1, 0.15) is 0 Å². The van der Waals surface area contributed by atoms with Crippen LogP contribution in [-0.4, -0.2) is 38.6 Å². The first-order chi connectivity index (χ1) is 5.26. The quantitative estimate of drug-likeness (QED) is 0.675. The Labute approximate surface area is 69.3 Å². The van der Waals surface area contributed by atoms with Crippen LogP contribution in [0.25, 0.3) is 0 Å². The van der Waals surface area contributed by atoms with E-state index in [2.05, 4.69) is 6.92 Å². The summed E-state index contributed by atoms with van der Waals surface area (Å²) in [5.74, 6) is 0. The lowest BCUT2D eigenvalue weighted by Crippen LogP contribution is -2.15. The molecule has 0 heterocycles. The van der Waals surface area contributed by atoms with Crippen molar-refractivity contribution in [2.75, 3.05) is 27.4 Å². The number of rotatable bonds is 4. The van der Waals surface area contributed by atoms with Crippen LogP contribution >= 0.6 is 0 Å². The largest absolute Gasteiger partial charge is 0.397 e. The number of hydrogen-bond donors (Lipinski definition) is 1. The van der Waals surface area contributed by atoms with Crippen LogP contribution in [0, 0.1) is 0 Å². The maximum atomic E-state index is 7.57. The topological polar surface area (TPSA) is 38.7 Å². The molecule has 1 N–H and O–H groups in total. The maximum Gasteiger partial charge on any atom is 0.0801 e. The van der Waals surface area contributed by atoms with E-state index in [9.17, 15) is 0 Å². The van der Waals surface area contributed by atoms with E-state index in [1.807, 2.05) is 0 Å². The molecule has 0 saturated carbocycles. The SMILES string of the molecule is CCC(COC)OC.CCO. The van der Waals surface area contributed by atoms with Gasteiger partial charge in [-0.2, -0.15) is 0 Å². The third-order valence-electron chi connectivity index (χ3n) is 1.14. The van der Waals surface area contributed by atoms with Gasteiger partial charge in [0, 0.05) is 20.8 Å². The minimum absolute atomic E-state index is 0.250. The molecule has 0 aromatic heterocycles. The fourth-order valence-corrected chi connectivity index (χ4v) is 0.538. The Balaban J connectivity index is 0. The van der Waals surface area contributed by atoms with Gasteiger partial charge in [0.2, 0.25) is 0 Å². The molecule has 70 valence electrons. The van der Waals surface area contributed by atoms with E-state index >= 15 is 0 Å². The summed E-state index contributed by atoms with van der Waals surface area (Å²) in [5.41, 5.74) is 0. The number of methoxy groups -OCH3 is 2. The third kappa shape index (κ3) is 13.0. The van der Waals surface area contributed by atoms with E-state index in [1.54, 1.807) is 21.1 Å². The molecule has 0 fully saturated rings. The van der Waals surface area contributed by atoms with E-state index in [1.165, 1.54) is 0 Å². The van der Waals surface area contributed by atoms with Crippen LogP contribution in [0.15, 0.2) is 0 Å². The minimum atomic E-state index is 0.250. The van der Waals surface area contributed by atoms with E-state index < -0.39 is 0 Å². The molecule has 0 saturated heterocycles. The first-order valence-electron chi connectivity index (χ1n) is 3.89. The van der Waals surface area contributed by atoms with Gasteiger partial charge < -0.3 is 14.6 Å². The van der Waals surface area contributed by atoms with Crippen molar-refractivity contribution in [3.63, 3.8) is 0 Å². The highest BCUT2D eigenvalue weighted by atomic mass is 16.5. The lowest BCUT2D eigenvalue weighted by Gasteiger charge is -2.09. The van der Waals surface area contributed by atoms with E-state index in [0.717, 1.165) is 6.42 Å². The Morgan fingerprint density at radius 2 is 1.73 bits per heavy atom. The molecule has 0 aliphatic carbocycles. The van der Waals surface area contributed by atoms with Crippen molar-refractivity contribution >= 4 is 0 Å². The van der Waals surface area contributed by atoms with Crippen molar-refractivity contribution in [2.45, 2.75) is 26.4 Å². The van der Waals surface area contributed by atoms with Crippen molar-refractivity contribution in [3.05, 3.63) is 0 Å². The highest BCUT2D eigenvalue weighted by Crippen LogP contribution is 1.94. The van der Waals surface area contributed by atoms with Crippen LogP contribution in [0.5, 0.6) is 0 Å². The van der Waals surface area contributed by atoms with Crippen LogP contribution in [0.2, 0.25) is 0 Å². The molecule has 1 unspecified atom stereocenters. The summed E-state index contributed by atoms with van der Waals surface area (Å²) < 4.78 is 9.88. The standard InChI is InChI=1S/C6H14O2.C2H6O/c1-4-6(8-3)5-7-2;1-2-3/h6H,4-5H2,1-3H3;3H,2H2,1H3. The smallest absolute Gasteiger partial charge is 0.0801 e. The molecule has 0 aromatic rings. The van der Waals surface area contributed by atoms with Crippen LogP contribution in [0.1, 0.15) is 20.3 Å². The van der Waals surface area contributed by atoms with Crippen molar-refractivity contribution in [1.82, 2.24) is 0 Å². The van der Waals surface area contributed by atoms with Crippen LogP contribution < -0.4 is 0 Å². The fraction of sp³-hybridized carbons (Fsp3) is 1.00. The van der Waals surface area contributed by atoms with Crippen molar-refractivity contribution in [1.29, 1.82) is 0 Å². The summed E-state index contributed by atoms with van der Waals surface area (Å²) in [7, 11) is 3.38. The molecule has 0 aliphatic heterocycles. The molecular weight excluding hydrogens is 144 g/mol. The molecule has 0 bridgehead atoms. The molecule has 0 aromatic carbocycles. The average molecular weight is 164 g/mol. The highest BCUT2D eigenvalue weighted by molar-refractivity contribution is 4.49. The molecule has 0 spiro atoms. The molecule has 0 aliphatic rings. The van der Waals surface area contributed by atoms with Crippen molar-refractivity contribution in [2.24, 2.45) is 0 Å². The van der Waals surface area contributed by atoms with Crippen molar-refractivity contribution < 1.29 is 14.6 Å². The molecule has 0 radical (unpaired) electrons. The third-order valence-corrected chi connectivity index (χ3v) is 1.14. The monoisotopic (exact) mass is 164 g/mol.